The molecule has 1 N–H and O–H groups in total. The number of hydrogen-bond acceptors (Lipinski definition) is 6. The van der Waals surface area contributed by atoms with E-state index in [-0.39, 0.29) is 5.56 Å². The van der Waals surface area contributed by atoms with Crippen molar-refractivity contribution in [1.29, 1.82) is 0 Å². The molecule has 1 aliphatic rings. The van der Waals surface area contributed by atoms with Crippen LogP contribution in [0, 0.1) is 11.8 Å². The summed E-state index contributed by atoms with van der Waals surface area (Å²) in [6, 6.07) is 11.2. The average molecular weight is 500 g/mol. The van der Waals surface area contributed by atoms with Crippen LogP contribution in [0.1, 0.15) is 24.7 Å². The minimum atomic E-state index is -0.629. The summed E-state index contributed by atoms with van der Waals surface area (Å²) in [6.07, 6.45) is 5.84. The Morgan fingerprint density at radius 3 is 2.81 bits per heavy atom. The number of nitrogens with one attached hydrogen (secondary N) is 1. The van der Waals surface area contributed by atoms with Crippen LogP contribution < -0.4 is 10.5 Å². The molecule has 180 valence electrons. The molecule has 0 unspecified atom stereocenters. The number of hydrogen-bond donors (Lipinski definition) is 1. The standard InChI is InChI=1S/C26H22ClN7O2/c1-26(11-13-32(26)23-20-17(7-6-14-36-2)15-28-22(20)29-16-30-23)25-31-33-12-10-19(27)21(33)24(35)34(25)18-8-4-3-5-9-18/h3-5,8-10,12,15-16H,11,13-14H2,1-2H3,(H,28,29,30)/t26-/m0/s1. The molecule has 5 heterocycles. The Morgan fingerprint density at radius 2 is 2.06 bits per heavy atom. The predicted molar refractivity (Wildman–Crippen MR) is 138 cm³/mol. The second-order valence-electron chi connectivity index (χ2n) is 8.79. The van der Waals surface area contributed by atoms with Crippen molar-refractivity contribution in [3.05, 3.63) is 81.9 Å². The van der Waals surface area contributed by atoms with E-state index in [1.165, 1.54) is 6.33 Å². The maximum atomic E-state index is 13.8. The van der Waals surface area contributed by atoms with Crippen molar-refractivity contribution in [1.82, 2.24) is 29.1 Å². The van der Waals surface area contributed by atoms with Gasteiger partial charge in [-0.2, -0.15) is 5.10 Å². The Hall–Kier alpha value is -4.13. The van der Waals surface area contributed by atoms with E-state index < -0.39 is 5.54 Å². The fourth-order valence-electron chi connectivity index (χ4n) is 4.78. The SMILES string of the molecule is COCC#Cc1c[nH]c2ncnc(N3CC[C@@]3(C)c3nn4ccc(Cl)c4c(=O)n3-c3ccccc3)c12. The second-order valence-corrected chi connectivity index (χ2v) is 9.20. The molecule has 1 atom stereocenters. The third kappa shape index (κ3) is 3.30. The molecule has 10 heteroatoms. The van der Waals surface area contributed by atoms with Crippen molar-refractivity contribution in [2.24, 2.45) is 0 Å². The molecule has 36 heavy (non-hydrogen) atoms. The van der Waals surface area contributed by atoms with Crippen molar-refractivity contribution in [3.63, 3.8) is 0 Å². The molecule has 0 aliphatic carbocycles. The average Bonchev–Trinajstić information content (AvgIpc) is 3.47. The van der Waals surface area contributed by atoms with Crippen LogP contribution in [0.5, 0.6) is 0 Å². The molecule has 0 spiro atoms. The first-order chi connectivity index (χ1) is 17.5. The molecular formula is C26H22ClN7O2. The quantitative estimate of drug-likeness (QED) is 0.380. The van der Waals surface area contributed by atoms with Gasteiger partial charge in [-0.3, -0.25) is 9.36 Å². The van der Waals surface area contributed by atoms with Gasteiger partial charge in [0.25, 0.3) is 5.56 Å². The Balaban J connectivity index is 1.57. The minimum absolute atomic E-state index is 0.227. The van der Waals surface area contributed by atoms with Gasteiger partial charge in [-0.15, -0.1) is 0 Å². The molecule has 0 radical (unpaired) electrons. The molecule has 1 aromatic carbocycles. The normalized spacial score (nSPS) is 17.2. The van der Waals surface area contributed by atoms with Crippen LogP contribution in [-0.4, -0.2) is 49.4 Å². The van der Waals surface area contributed by atoms with Gasteiger partial charge in [-0.1, -0.05) is 41.6 Å². The fourth-order valence-corrected chi connectivity index (χ4v) is 5.00. The first kappa shape index (κ1) is 22.3. The maximum Gasteiger partial charge on any atom is 0.284 e. The van der Waals surface area contributed by atoms with Gasteiger partial charge >= 0.3 is 0 Å². The van der Waals surface area contributed by atoms with E-state index in [4.69, 9.17) is 21.4 Å². The third-order valence-electron chi connectivity index (χ3n) is 6.70. The summed E-state index contributed by atoms with van der Waals surface area (Å²) in [5.74, 6) is 7.48. The van der Waals surface area contributed by atoms with Crippen LogP contribution >= 0.6 is 11.6 Å². The van der Waals surface area contributed by atoms with Gasteiger partial charge in [0.15, 0.2) is 5.82 Å². The highest BCUT2D eigenvalue weighted by Gasteiger charge is 2.47. The van der Waals surface area contributed by atoms with Gasteiger partial charge in [0.1, 0.15) is 35.5 Å². The first-order valence-electron chi connectivity index (χ1n) is 11.5. The number of nitrogens with zero attached hydrogens (tertiary/aromatic N) is 6. The number of halogens is 1. The van der Waals surface area contributed by atoms with E-state index in [1.54, 1.807) is 28.5 Å². The topological polar surface area (TPSA) is 93.3 Å². The zero-order valence-electron chi connectivity index (χ0n) is 19.7. The lowest BCUT2D eigenvalue weighted by Crippen LogP contribution is -2.58. The van der Waals surface area contributed by atoms with E-state index in [0.717, 1.165) is 35.4 Å². The molecule has 0 bridgehead atoms. The summed E-state index contributed by atoms with van der Waals surface area (Å²) in [5, 5.41) is 6.10. The molecule has 0 saturated carbocycles. The summed E-state index contributed by atoms with van der Waals surface area (Å²) in [4.78, 5) is 28.2. The summed E-state index contributed by atoms with van der Waals surface area (Å²) in [5.41, 5.74) is 1.68. The fraction of sp³-hybridized carbons (Fsp3) is 0.231. The van der Waals surface area contributed by atoms with Crippen molar-refractivity contribution in [2.45, 2.75) is 18.9 Å². The molecule has 0 amide bonds. The zero-order chi connectivity index (χ0) is 24.9. The molecule has 1 aliphatic heterocycles. The first-order valence-corrected chi connectivity index (χ1v) is 11.8. The molecule has 5 aromatic rings. The number of H-pyrrole nitrogens is 1. The summed E-state index contributed by atoms with van der Waals surface area (Å²) < 4.78 is 8.30. The number of ether oxygens (including phenoxy) is 1. The van der Waals surface area contributed by atoms with Gasteiger partial charge in [0.2, 0.25) is 0 Å². The van der Waals surface area contributed by atoms with E-state index >= 15 is 0 Å². The molecule has 9 nitrogen and oxygen atoms in total. The van der Waals surface area contributed by atoms with E-state index in [0.29, 0.717) is 28.6 Å². The Kier molecular flexibility index (Phi) is 5.29. The number of rotatable bonds is 4. The largest absolute Gasteiger partial charge is 0.372 e. The van der Waals surface area contributed by atoms with Gasteiger partial charge in [-0.05, 0) is 31.5 Å². The third-order valence-corrected chi connectivity index (χ3v) is 7.00. The lowest BCUT2D eigenvalue weighted by Gasteiger charge is -2.51. The van der Waals surface area contributed by atoms with E-state index in [2.05, 4.69) is 38.6 Å². The van der Waals surface area contributed by atoms with Crippen molar-refractivity contribution in [3.8, 4) is 17.5 Å². The van der Waals surface area contributed by atoms with Gasteiger partial charge in [-0.25, -0.2) is 14.5 Å². The van der Waals surface area contributed by atoms with Crippen LogP contribution in [0.15, 0.2) is 59.9 Å². The lowest BCUT2D eigenvalue weighted by molar-refractivity contribution is 0.240. The number of aromatic nitrogens is 6. The van der Waals surface area contributed by atoms with Gasteiger partial charge < -0.3 is 14.6 Å². The summed E-state index contributed by atoms with van der Waals surface area (Å²) in [6.45, 7) is 3.13. The van der Waals surface area contributed by atoms with E-state index in [9.17, 15) is 4.79 Å². The zero-order valence-corrected chi connectivity index (χ0v) is 20.5. The monoisotopic (exact) mass is 499 g/mol. The van der Waals surface area contributed by atoms with Crippen LogP contribution in [0.25, 0.3) is 22.2 Å². The molecule has 6 rings (SSSR count). The second kappa shape index (κ2) is 8.52. The van der Waals surface area contributed by atoms with Crippen LogP contribution in [-0.2, 0) is 10.3 Å². The molecule has 1 saturated heterocycles. The number of aromatic amines is 1. The van der Waals surface area contributed by atoms with Crippen LogP contribution in [0.3, 0.4) is 0 Å². The number of fused-ring (bicyclic) bond motifs is 2. The van der Waals surface area contributed by atoms with Gasteiger partial charge in [0.05, 0.1) is 21.7 Å². The highest BCUT2D eigenvalue weighted by atomic mass is 35.5. The summed E-state index contributed by atoms with van der Waals surface area (Å²) >= 11 is 6.37. The van der Waals surface area contributed by atoms with Gasteiger partial charge in [0, 0.05) is 26.0 Å². The number of benzene rings is 1. The van der Waals surface area contributed by atoms with Crippen molar-refractivity contribution < 1.29 is 4.74 Å². The van der Waals surface area contributed by atoms with Crippen molar-refractivity contribution >= 4 is 34.0 Å². The summed E-state index contributed by atoms with van der Waals surface area (Å²) in [7, 11) is 1.61. The molecule has 4 aromatic heterocycles. The number of para-hydroxylation sites is 1. The predicted octanol–water partition coefficient (Wildman–Crippen LogP) is 3.53. The van der Waals surface area contributed by atoms with E-state index in [1.807, 2.05) is 36.5 Å². The number of methoxy groups -OCH3 is 1. The Labute approximate surface area is 211 Å². The maximum absolute atomic E-state index is 13.8. The Bertz CT molecular complexity index is 1730. The van der Waals surface area contributed by atoms with Crippen LogP contribution in [0.2, 0.25) is 5.02 Å². The molecular weight excluding hydrogens is 478 g/mol. The highest BCUT2D eigenvalue weighted by molar-refractivity contribution is 6.33. The molecule has 1 fully saturated rings. The lowest BCUT2D eigenvalue weighted by atomic mass is 9.85. The van der Waals surface area contributed by atoms with Crippen LogP contribution in [0.4, 0.5) is 5.82 Å². The minimum Gasteiger partial charge on any atom is -0.372 e. The van der Waals surface area contributed by atoms with Crippen molar-refractivity contribution in [2.75, 3.05) is 25.2 Å². The number of anilines is 1. The highest BCUT2D eigenvalue weighted by Crippen LogP contribution is 2.44. The smallest absolute Gasteiger partial charge is 0.284 e. The Morgan fingerprint density at radius 1 is 1.22 bits per heavy atom.